The zero-order valence-corrected chi connectivity index (χ0v) is 14.0. The number of ether oxygens (including phenoxy) is 1. The van der Waals surface area contributed by atoms with Crippen LogP contribution in [0.5, 0.6) is 0 Å². The van der Waals surface area contributed by atoms with Crippen molar-refractivity contribution in [3.05, 3.63) is 0 Å². The van der Waals surface area contributed by atoms with E-state index in [0.29, 0.717) is 23.7 Å². The van der Waals surface area contributed by atoms with E-state index in [-0.39, 0.29) is 5.60 Å². The van der Waals surface area contributed by atoms with Crippen molar-refractivity contribution < 1.29 is 14.3 Å². The molecular weight excluding hydrogens is 292 g/mol. The molecule has 0 aromatic heterocycles. The van der Waals surface area contributed by atoms with Crippen molar-refractivity contribution >= 4 is 11.8 Å². The summed E-state index contributed by atoms with van der Waals surface area (Å²) in [6.07, 6.45) is 8.27. The van der Waals surface area contributed by atoms with Gasteiger partial charge < -0.3 is 14.5 Å². The minimum absolute atomic E-state index is 0.0678. The molecule has 0 aromatic rings. The molecule has 23 heavy (non-hydrogen) atoms. The lowest BCUT2D eigenvalue weighted by atomic mass is 9.82. The van der Waals surface area contributed by atoms with Gasteiger partial charge in [0.05, 0.1) is 19.7 Å². The molecular formula is C18H28N2O3. The molecule has 3 heterocycles. The van der Waals surface area contributed by atoms with Gasteiger partial charge >= 0.3 is 0 Å². The number of hydrogen-bond donors (Lipinski definition) is 0. The van der Waals surface area contributed by atoms with Gasteiger partial charge in [-0.15, -0.1) is 0 Å². The monoisotopic (exact) mass is 320 g/mol. The molecule has 3 aliphatic heterocycles. The maximum absolute atomic E-state index is 12.1. The molecule has 4 rings (SSSR count). The van der Waals surface area contributed by atoms with Crippen LogP contribution in [0.4, 0.5) is 0 Å². The van der Waals surface area contributed by atoms with Gasteiger partial charge in [0.1, 0.15) is 5.60 Å². The summed E-state index contributed by atoms with van der Waals surface area (Å²) in [6.45, 7) is 4.10. The van der Waals surface area contributed by atoms with Crippen LogP contribution in [0, 0.1) is 11.8 Å². The molecule has 4 aliphatic rings. The second-order valence-electron chi connectivity index (χ2n) is 8.09. The lowest BCUT2D eigenvalue weighted by Gasteiger charge is -2.53. The highest BCUT2D eigenvalue weighted by Crippen LogP contribution is 2.39. The van der Waals surface area contributed by atoms with Crippen LogP contribution in [0.25, 0.3) is 0 Å². The summed E-state index contributed by atoms with van der Waals surface area (Å²) in [4.78, 5) is 28.0. The number of piperidine rings is 1. The highest BCUT2D eigenvalue weighted by atomic mass is 16.5. The van der Waals surface area contributed by atoms with E-state index in [1.54, 1.807) is 0 Å². The molecule has 5 heteroatoms. The van der Waals surface area contributed by atoms with Crippen LogP contribution >= 0.6 is 0 Å². The van der Waals surface area contributed by atoms with Crippen LogP contribution in [0.1, 0.15) is 51.4 Å². The minimum atomic E-state index is -0.0678. The van der Waals surface area contributed by atoms with E-state index in [2.05, 4.69) is 0 Å². The van der Waals surface area contributed by atoms with Crippen LogP contribution in [0.3, 0.4) is 0 Å². The Kier molecular flexibility index (Phi) is 4.08. The molecule has 0 N–H and O–H groups in total. The minimum Gasteiger partial charge on any atom is -0.371 e. The maximum Gasteiger partial charge on any atom is 0.223 e. The van der Waals surface area contributed by atoms with Crippen molar-refractivity contribution in [2.45, 2.75) is 57.0 Å². The normalized spacial score (nSPS) is 30.4. The second-order valence-corrected chi connectivity index (χ2v) is 8.09. The number of carbonyl (C=O) groups is 2. The molecule has 1 atom stereocenters. The van der Waals surface area contributed by atoms with Gasteiger partial charge in [-0.1, -0.05) is 0 Å². The van der Waals surface area contributed by atoms with E-state index in [0.717, 1.165) is 71.3 Å². The predicted octanol–water partition coefficient (Wildman–Crippen LogP) is 1.81. The van der Waals surface area contributed by atoms with Gasteiger partial charge in [0.2, 0.25) is 11.8 Å². The summed E-state index contributed by atoms with van der Waals surface area (Å²) in [7, 11) is 0. The SMILES string of the molecule is O=C1CCCCN1CC1CCC2(CN(C(=O)CC3CC3)C2)OC1. The molecule has 4 fully saturated rings. The van der Waals surface area contributed by atoms with Gasteiger partial charge in [0.25, 0.3) is 0 Å². The van der Waals surface area contributed by atoms with Crippen LogP contribution in [-0.2, 0) is 14.3 Å². The Hall–Kier alpha value is -1.10. The fraction of sp³-hybridized carbons (Fsp3) is 0.889. The van der Waals surface area contributed by atoms with Gasteiger partial charge in [-0.05, 0) is 44.4 Å². The first-order chi connectivity index (χ1) is 11.1. The van der Waals surface area contributed by atoms with Crippen molar-refractivity contribution in [2.24, 2.45) is 11.8 Å². The molecule has 1 spiro atoms. The topological polar surface area (TPSA) is 49.9 Å². The fourth-order valence-corrected chi connectivity index (χ4v) is 4.20. The lowest BCUT2D eigenvalue weighted by Crippen LogP contribution is -2.66. The average Bonchev–Trinajstić information content (AvgIpc) is 3.32. The molecule has 0 bridgehead atoms. The number of hydrogen-bond acceptors (Lipinski definition) is 3. The number of amides is 2. The van der Waals surface area contributed by atoms with Crippen molar-refractivity contribution in [3.8, 4) is 0 Å². The van der Waals surface area contributed by atoms with Crippen molar-refractivity contribution in [1.82, 2.24) is 9.80 Å². The quantitative estimate of drug-likeness (QED) is 0.794. The molecule has 5 nitrogen and oxygen atoms in total. The molecule has 1 unspecified atom stereocenters. The molecule has 3 saturated heterocycles. The molecule has 2 amide bonds. The Labute approximate surface area is 138 Å². The summed E-state index contributed by atoms with van der Waals surface area (Å²) >= 11 is 0. The Bertz CT molecular complexity index is 473. The number of carbonyl (C=O) groups excluding carboxylic acids is 2. The third-order valence-corrected chi connectivity index (χ3v) is 6.00. The zero-order valence-electron chi connectivity index (χ0n) is 14.0. The van der Waals surface area contributed by atoms with Crippen molar-refractivity contribution in [1.29, 1.82) is 0 Å². The smallest absolute Gasteiger partial charge is 0.223 e. The standard InChI is InChI=1S/C18H28N2O3/c21-16-3-1-2-8-19(16)10-15-6-7-18(23-11-15)12-20(13-18)17(22)9-14-4-5-14/h14-15H,1-13H2. The Morgan fingerprint density at radius 3 is 2.65 bits per heavy atom. The van der Waals surface area contributed by atoms with Gasteiger partial charge in [-0.25, -0.2) is 0 Å². The second kappa shape index (κ2) is 6.08. The summed E-state index contributed by atoms with van der Waals surface area (Å²) in [5.41, 5.74) is -0.0678. The summed E-state index contributed by atoms with van der Waals surface area (Å²) < 4.78 is 6.16. The predicted molar refractivity (Wildman–Crippen MR) is 85.8 cm³/mol. The number of likely N-dealkylation sites (tertiary alicyclic amines) is 2. The molecule has 128 valence electrons. The molecule has 1 aliphatic carbocycles. The third kappa shape index (κ3) is 3.39. The fourth-order valence-electron chi connectivity index (χ4n) is 4.20. The number of rotatable bonds is 4. The van der Waals surface area contributed by atoms with E-state index < -0.39 is 0 Å². The Morgan fingerprint density at radius 1 is 1.17 bits per heavy atom. The van der Waals surface area contributed by atoms with Crippen LogP contribution < -0.4 is 0 Å². The van der Waals surface area contributed by atoms with Gasteiger partial charge in [-0.3, -0.25) is 9.59 Å². The van der Waals surface area contributed by atoms with Crippen LogP contribution in [-0.4, -0.2) is 60.0 Å². The average molecular weight is 320 g/mol. The van der Waals surface area contributed by atoms with Crippen LogP contribution in [0.2, 0.25) is 0 Å². The lowest BCUT2D eigenvalue weighted by molar-refractivity contribution is -0.190. The molecule has 1 saturated carbocycles. The van der Waals surface area contributed by atoms with Gasteiger partial charge in [-0.2, -0.15) is 0 Å². The zero-order chi connectivity index (χ0) is 15.9. The Morgan fingerprint density at radius 2 is 2.00 bits per heavy atom. The van der Waals surface area contributed by atoms with Crippen LogP contribution in [0.15, 0.2) is 0 Å². The molecule has 0 aromatic carbocycles. The van der Waals surface area contributed by atoms with E-state index in [1.807, 2.05) is 9.80 Å². The third-order valence-electron chi connectivity index (χ3n) is 6.00. The van der Waals surface area contributed by atoms with Gasteiger partial charge in [0, 0.05) is 31.8 Å². The van der Waals surface area contributed by atoms with E-state index in [4.69, 9.17) is 4.74 Å². The first-order valence-corrected chi connectivity index (χ1v) is 9.33. The number of nitrogens with zero attached hydrogens (tertiary/aromatic N) is 2. The van der Waals surface area contributed by atoms with E-state index >= 15 is 0 Å². The van der Waals surface area contributed by atoms with E-state index in [1.165, 1.54) is 12.8 Å². The first-order valence-electron chi connectivity index (χ1n) is 9.33. The first kappa shape index (κ1) is 15.4. The summed E-state index contributed by atoms with van der Waals surface area (Å²) in [5, 5.41) is 0. The maximum atomic E-state index is 12.1. The summed E-state index contributed by atoms with van der Waals surface area (Å²) in [6, 6.07) is 0. The largest absolute Gasteiger partial charge is 0.371 e. The van der Waals surface area contributed by atoms with Crippen molar-refractivity contribution in [3.63, 3.8) is 0 Å². The van der Waals surface area contributed by atoms with E-state index in [9.17, 15) is 9.59 Å². The molecule has 0 radical (unpaired) electrons. The summed E-state index contributed by atoms with van der Waals surface area (Å²) in [5.74, 6) is 1.77. The highest BCUT2D eigenvalue weighted by Gasteiger charge is 2.49. The highest BCUT2D eigenvalue weighted by molar-refractivity contribution is 5.78. The Balaban J connectivity index is 1.20. The van der Waals surface area contributed by atoms with Crippen molar-refractivity contribution in [2.75, 3.05) is 32.8 Å². The van der Waals surface area contributed by atoms with Gasteiger partial charge in [0.15, 0.2) is 0 Å².